The lowest BCUT2D eigenvalue weighted by Gasteiger charge is -2.03. The van der Waals surface area contributed by atoms with Crippen molar-refractivity contribution in [3.63, 3.8) is 0 Å². The van der Waals surface area contributed by atoms with Crippen molar-refractivity contribution >= 4 is 16.7 Å². The van der Waals surface area contributed by atoms with Gasteiger partial charge in [0.25, 0.3) is 0 Å². The summed E-state index contributed by atoms with van der Waals surface area (Å²) in [6, 6.07) is 7.44. The predicted octanol–water partition coefficient (Wildman–Crippen LogP) is 1.64. The summed E-state index contributed by atoms with van der Waals surface area (Å²) in [5, 5.41) is 12.6. The lowest BCUT2D eigenvalue weighted by molar-refractivity contribution is 0.318. The number of benzene rings is 1. The van der Waals surface area contributed by atoms with Gasteiger partial charge in [-0.2, -0.15) is 0 Å². The van der Waals surface area contributed by atoms with Crippen molar-refractivity contribution in [3.8, 4) is 0 Å². The number of hydrogen-bond donors (Lipinski definition) is 2. The van der Waals surface area contributed by atoms with Crippen LogP contribution < -0.4 is 5.73 Å². The van der Waals surface area contributed by atoms with Crippen LogP contribution >= 0.6 is 0 Å². The van der Waals surface area contributed by atoms with E-state index in [4.69, 9.17) is 10.9 Å². The molecule has 0 unspecified atom stereocenters. The first-order valence-electron chi connectivity index (χ1n) is 4.55. The summed E-state index contributed by atoms with van der Waals surface area (Å²) < 4.78 is 0. The minimum absolute atomic E-state index is 0.111. The van der Waals surface area contributed by atoms with E-state index in [9.17, 15) is 0 Å². The molecule has 1 aromatic carbocycles. The smallest absolute Gasteiger partial charge is 0.170 e. The molecule has 3 N–H and O–H groups in total. The van der Waals surface area contributed by atoms with Crippen molar-refractivity contribution in [2.75, 3.05) is 0 Å². The zero-order chi connectivity index (χ0) is 10.8. The number of rotatable bonds is 1. The van der Waals surface area contributed by atoms with E-state index in [1.807, 2.05) is 25.1 Å². The molecular weight excluding hydrogens is 190 g/mol. The molecule has 0 spiro atoms. The molecular formula is C11H11N3O. The molecule has 15 heavy (non-hydrogen) atoms. The summed E-state index contributed by atoms with van der Waals surface area (Å²) in [6.07, 6.45) is 1.76. The molecule has 0 atom stereocenters. The van der Waals surface area contributed by atoms with Crippen LogP contribution in [0.5, 0.6) is 0 Å². The lowest BCUT2D eigenvalue weighted by Crippen LogP contribution is -2.12. The third-order valence-corrected chi connectivity index (χ3v) is 2.36. The summed E-state index contributed by atoms with van der Waals surface area (Å²) in [7, 11) is 0. The SMILES string of the molecule is Cc1ccnc2ccc(/C(N)=N\O)cc12. The van der Waals surface area contributed by atoms with Gasteiger partial charge in [0, 0.05) is 17.1 Å². The number of oxime groups is 1. The first-order chi connectivity index (χ1) is 7.22. The van der Waals surface area contributed by atoms with Crippen molar-refractivity contribution in [2.45, 2.75) is 6.92 Å². The van der Waals surface area contributed by atoms with Gasteiger partial charge in [-0.15, -0.1) is 0 Å². The first-order valence-corrected chi connectivity index (χ1v) is 4.55. The number of pyridine rings is 1. The highest BCUT2D eigenvalue weighted by Gasteiger charge is 2.02. The van der Waals surface area contributed by atoms with Crippen LogP contribution in [0.3, 0.4) is 0 Å². The Bertz CT molecular complexity index is 534. The van der Waals surface area contributed by atoms with Gasteiger partial charge in [0.15, 0.2) is 5.84 Å². The maximum absolute atomic E-state index is 8.58. The number of amidine groups is 1. The van der Waals surface area contributed by atoms with Gasteiger partial charge in [0.05, 0.1) is 5.52 Å². The second kappa shape index (κ2) is 3.57. The molecule has 0 aliphatic rings. The summed E-state index contributed by atoms with van der Waals surface area (Å²) in [6.45, 7) is 2.00. The molecule has 0 aliphatic heterocycles. The second-order valence-electron chi connectivity index (χ2n) is 3.35. The third kappa shape index (κ3) is 1.61. The minimum atomic E-state index is 0.111. The van der Waals surface area contributed by atoms with Gasteiger partial charge in [-0.25, -0.2) is 0 Å². The van der Waals surface area contributed by atoms with E-state index in [0.29, 0.717) is 5.56 Å². The molecule has 4 heteroatoms. The molecule has 1 aromatic heterocycles. The Kier molecular flexibility index (Phi) is 2.25. The van der Waals surface area contributed by atoms with Crippen LogP contribution in [0, 0.1) is 6.92 Å². The number of hydrogen-bond acceptors (Lipinski definition) is 3. The summed E-state index contributed by atoms with van der Waals surface area (Å²) in [4.78, 5) is 4.23. The Morgan fingerprint density at radius 2 is 2.20 bits per heavy atom. The average Bonchev–Trinajstić information content (AvgIpc) is 2.28. The van der Waals surface area contributed by atoms with Crippen LogP contribution in [0.15, 0.2) is 35.6 Å². The van der Waals surface area contributed by atoms with Crippen LogP contribution in [0.25, 0.3) is 10.9 Å². The zero-order valence-electron chi connectivity index (χ0n) is 8.31. The van der Waals surface area contributed by atoms with Crippen molar-refractivity contribution in [3.05, 3.63) is 41.6 Å². The van der Waals surface area contributed by atoms with E-state index in [-0.39, 0.29) is 5.84 Å². The van der Waals surface area contributed by atoms with Crippen LogP contribution in [-0.4, -0.2) is 16.0 Å². The molecule has 1 heterocycles. The van der Waals surface area contributed by atoms with Crippen LogP contribution in [0.1, 0.15) is 11.1 Å². The van der Waals surface area contributed by atoms with Crippen LogP contribution in [-0.2, 0) is 0 Å². The Hall–Kier alpha value is -2.10. The van der Waals surface area contributed by atoms with Gasteiger partial charge in [0.1, 0.15) is 0 Å². The van der Waals surface area contributed by atoms with E-state index >= 15 is 0 Å². The van der Waals surface area contributed by atoms with E-state index < -0.39 is 0 Å². The lowest BCUT2D eigenvalue weighted by atomic mass is 10.1. The standard InChI is InChI=1S/C11H11N3O/c1-7-4-5-13-10-3-2-8(6-9(7)10)11(12)14-15/h2-6,15H,1H3,(H2,12,14). The summed E-state index contributed by atoms with van der Waals surface area (Å²) in [5.74, 6) is 0.111. The molecule has 2 aromatic rings. The quantitative estimate of drug-likeness (QED) is 0.319. The highest BCUT2D eigenvalue weighted by atomic mass is 16.4. The maximum Gasteiger partial charge on any atom is 0.170 e. The molecule has 0 saturated heterocycles. The third-order valence-electron chi connectivity index (χ3n) is 2.36. The van der Waals surface area contributed by atoms with Crippen molar-refractivity contribution in [1.82, 2.24) is 4.98 Å². The zero-order valence-corrected chi connectivity index (χ0v) is 8.31. The minimum Gasteiger partial charge on any atom is -0.409 e. The predicted molar refractivity (Wildman–Crippen MR) is 59.0 cm³/mol. The van der Waals surface area contributed by atoms with Gasteiger partial charge in [-0.05, 0) is 36.8 Å². The average molecular weight is 201 g/mol. The van der Waals surface area contributed by atoms with E-state index in [1.165, 1.54) is 0 Å². The molecule has 2 rings (SSSR count). The molecule has 0 saturated carbocycles. The molecule has 0 aliphatic carbocycles. The topological polar surface area (TPSA) is 71.5 Å². The highest BCUT2D eigenvalue weighted by molar-refractivity contribution is 6.00. The summed E-state index contributed by atoms with van der Waals surface area (Å²) in [5.41, 5.74) is 8.24. The van der Waals surface area contributed by atoms with E-state index in [1.54, 1.807) is 12.3 Å². The Morgan fingerprint density at radius 1 is 1.40 bits per heavy atom. The molecule has 0 amide bonds. The largest absolute Gasteiger partial charge is 0.409 e. The van der Waals surface area contributed by atoms with Crippen LogP contribution in [0.4, 0.5) is 0 Å². The Balaban J connectivity index is 2.70. The van der Waals surface area contributed by atoms with Gasteiger partial charge in [-0.3, -0.25) is 4.98 Å². The number of nitrogens with two attached hydrogens (primary N) is 1. The molecule has 76 valence electrons. The molecule has 0 fully saturated rings. The van der Waals surface area contributed by atoms with Gasteiger partial charge >= 0.3 is 0 Å². The van der Waals surface area contributed by atoms with Crippen LogP contribution in [0.2, 0.25) is 0 Å². The van der Waals surface area contributed by atoms with Crippen molar-refractivity contribution in [2.24, 2.45) is 10.9 Å². The molecule has 0 radical (unpaired) electrons. The van der Waals surface area contributed by atoms with Crippen molar-refractivity contribution in [1.29, 1.82) is 0 Å². The number of fused-ring (bicyclic) bond motifs is 1. The fourth-order valence-electron chi connectivity index (χ4n) is 1.50. The van der Waals surface area contributed by atoms with Gasteiger partial charge < -0.3 is 10.9 Å². The molecule has 4 nitrogen and oxygen atoms in total. The van der Waals surface area contributed by atoms with E-state index in [0.717, 1.165) is 16.5 Å². The number of aryl methyl sites for hydroxylation is 1. The summed E-state index contributed by atoms with van der Waals surface area (Å²) >= 11 is 0. The fourth-order valence-corrected chi connectivity index (χ4v) is 1.50. The Morgan fingerprint density at radius 3 is 2.93 bits per heavy atom. The number of nitrogens with zero attached hydrogens (tertiary/aromatic N) is 2. The monoisotopic (exact) mass is 201 g/mol. The number of aromatic nitrogens is 1. The Labute approximate surface area is 87.0 Å². The van der Waals surface area contributed by atoms with Gasteiger partial charge in [-0.1, -0.05) is 5.16 Å². The fraction of sp³-hybridized carbons (Fsp3) is 0.0909. The van der Waals surface area contributed by atoms with E-state index in [2.05, 4.69) is 10.1 Å². The molecule has 0 bridgehead atoms. The normalized spacial score (nSPS) is 11.9. The second-order valence-corrected chi connectivity index (χ2v) is 3.35. The first kappa shape index (κ1) is 9.45. The highest BCUT2D eigenvalue weighted by Crippen LogP contribution is 2.17. The maximum atomic E-state index is 8.58. The van der Waals surface area contributed by atoms with Crippen molar-refractivity contribution < 1.29 is 5.21 Å². The van der Waals surface area contributed by atoms with Gasteiger partial charge in [0.2, 0.25) is 0 Å².